The van der Waals surface area contributed by atoms with E-state index in [1.54, 1.807) is 11.6 Å². The van der Waals surface area contributed by atoms with Crippen molar-refractivity contribution >= 4 is 41.1 Å². The van der Waals surface area contributed by atoms with Gasteiger partial charge in [0, 0.05) is 0 Å². The van der Waals surface area contributed by atoms with Gasteiger partial charge in [-0.15, -0.1) is 0 Å². The fraction of sp³-hybridized carbons (Fsp3) is 1.00. The molecule has 4 heteroatoms. The minimum atomic E-state index is 0.208. The van der Waals surface area contributed by atoms with Gasteiger partial charge in [0.15, 0.2) is 0 Å². The van der Waals surface area contributed by atoms with Crippen LogP contribution in [0, 0.1) is 0 Å². The van der Waals surface area contributed by atoms with Crippen LogP contribution in [0.4, 0.5) is 0 Å². The molecular weight excluding hydrogens is 143 g/mol. The van der Waals surface area contributed by atoms with Crippen LogP contribution in [-0.2, 0) is 0 Å². The summed E-state index contributed by atoms with van der Waals surface area (Å²) in [7, 11) is 0. The summed E-state index contributed by atoms with van der Waals surface area (Å²) < 4.78 is 0.208. The highest BCUT2D eigenvalue weighted by Crippen LogP contribution is 2.13. The first-order chi connectivity index (χ1) is 3.27. The lowest BCUT2D eigenvalue weighted by atomic mass is 10.6. The van der Waals surface area contributed by atoms with E-state index in [9.17, 15) is 0 Å². The average molecular weight is 152 g/mol. The van der Waals surface area contributed by atoms with Crippen molar-refractivity contribution in [1.29, 1.82) is 0 Å². The van der Waals surface area contributed by atoms with Crippen molar-refractivity contribution in [1.82, 2.24) is 0 Å². The van der Waals surface area contributed by atoms with Crippen molar-refractivity contribution in [2.45, 2.75) is 13.3 Å². The fourth-order valence-electron chi connectivity index (χ4n) is 0.223. The highest BCUT2D eigenvalue weighted by atomic mass is 32.2. The van der Waals surface area contributed by atoms with Crippen LogP contribution in [0.25, 0.3) is 0 Å². The van der Waals surface area contributed by atoms with Crippen LogP contribution in [0.15, 0.2) is 0 Å². The van der Waals surface area contributed by atoms with E-state index in [1.807, 2.05) is 0 Å². The highest BCUT2D eigenvalue weighted by Gasteiger charge is 1.97. The number of rotatable bonds is 3. The molecule has 0 bridgehead atoms. The van der Waals surface area contributed by atoms with Crippen LogP contribution in [0.2, 0.25) is 0 Å². The van der Waals surface area contributed by atoms with Crippen LogP contribution in [0.5, 0.6) is 0 Å². The van der Waals surface area contributed by atoms with Crippen LogP contribution in [-0.4, -0.2) is 10.3 Å². The third-order valence-electron chi connectivity index (χ3n) is 0.471. The molecule has 0 aromatic rings. The predicted octanol–water partition coefficient (Wildman–Crippen LogP) is 1.97. The smallest absolute Gasteiger partial charge is 0.202 e. The van der Waals surface area contributed by atoms with Crippen molar-refractivity contribution in [2.24, 2.45) is 0 Å². The molecule has 0 amide bonds. The van der Waals surface area contributed by atoms with E-state index in [0.29, 0.717) is 0 Å². The Bertz CT molecular complexity index is 39.2. The zero-order valence-corrected chi connectivity index (χ0v) is 6.90. The van der Waals surface area contributed by atoms with Gasteiger partial charge in [0.05, 0.1) is 0 Å². The molecule has 0 rings (SSSR count). The van der Waals surface area contributed by atoms with Crippen molar-refractivity contribution in [2.75, 3.05) is 5.75 Å². The molecule has 0 heterocycles. The lowest BCUT2D eigenvalue weighted by molar-refractivity contribution is 1.11. The minimum absolute atomic E-state index is 0.208. The standard InChI is InChI=1S/C3H9BS3/c1-2-3-7-4(5)6/h5-6H,2-3H2,1H3. The van der Waals surface area contributed by atoms with Crippen molar-refractivity contribution in [3.8, 4) is 0 Å². The maximum absolute atomic E-state index is 4.06. The minimum Gasteiger partial charge on any atom is -0.202 e. The van der Waals surface area contributed by atoms with Gasteiger partial charge in [-0.25, -0.2) is 25.0 Å². The fourth-order valence-corrected chi connectivity index (χ4v) is 1.30. The molecule has 0 N–H and O–H groups in total. The van der Waals surface area contributed by atoms with Crippen molar-refractivity contribution < 1.29 is 0 Å². The zero-order chi connectivity index (χ0) is 5.70. The molecule has 0 unspecified atom stereocenters. The van der Waals surface area contributed by atoms with Crippen molar-refractivity contribution in [3.63, 3.8) is 0 Å². The second-order valence-electron chi connectivity index (χ2n) is 1.20. The van der Waals surface area contributed by atoms with E-state index in [-0.39, 0.29) is 4.55 Å². The molecule has 0 aliphatic rings. The lowest BCUT2D eigenvalue weighted by Crippen LogP contribution is -1.85. The molecule has 0 atom stereocenters. The third-order valence-corrected chi connectivity index (χ3v) is 2.31. The summed E-state index contributed by atoms with van der Waals surface area (Å²) >= 11 is 9.88. The van der Waals surface area contributed by atoms with Crippen molar-refractivity contribution in [3.05, 3.63) is 0 Å². The largest absolute Gasteiger partial charge is 0.335 e. The van der Waals surface area contributed by atoms with Gasteiger partial charge in [-0.3, -0.25) is 0 Å². The maximum atomic E-state index is 4.06. The second kappa shape index (κ2) is 5.26. The van der Waals surface area contributed by atoms with Gasteiger partial charge < -0.3 is 0 Å². The number of hydrogen-bond donors (Lipinski definition) is 2. The average Bonchev–Trinajstić information content (AvgIpc) is 1.61. The number of hydrogen-bond acceptors (Lipinski definition) is 3. The molecule has 7 heavy (non-hydrogen) atoms. The van der Waals surface area contributed by atoms with E-state index in [2.05, 4.69) is 31.9 Å². The Hall–Kier alpha value is 1.11. The van der Waals surface area contributed by atoms with Gasteiger partial charge in [-0.2, -0.15) is 11.6 Å². The first kappa shape index (κ1) is 8.11. The third kappa shape index (κ3) is 7.11. The second-order valence-corrected chi connectivity index (χ2v) is 4.55. The molecule has 0 fully saturated rings. The Kier molecular flexibility index (Phi) is 6.09. The Morgan fingerprint density at radius 1 is 1.57 bits per heavy atom. The van der Waals surface area contributed by atoms with Gasteiger partial charge in [0.25, 0.3) is 0 Å². The van der Waals surface area contributed by atoms with Gasteiger partial charge in [0.2, 0.25) is 0 Å². The summed E-state index contributed by atoms with van der Waals surface area (Å²) in [5.74, 6) is 1.16. The summed E-state index contributed by atoms with van der Waals surface area (Å²) in [6, 6.07) is 0. The Morgan fingerprint density at radius 3 is 2.29 bits per heavy atom. The summed E-state index contributed by atoms with van der Waals surface area (Å²) in [6.45, 7) is 2.15. The van der Waals surface area contributed by atoms with Gasteiger partial charge in [-0.1, -0.05) is 6.92 Å². The monoisotopic (exact) mass is 152 g/mol. The van der Waals surface area contributed by atoms with Crippen LogP contribution in [0.3, 0.4) is 0 Å². The zero-order valence-electron chi connectivity index (χ0n) is 4.29. The maximum Gasteiger partial charge on any atom is 0.335 e. The summed E-state index contributed by atoms with van der Waals surface area (Å²) in [5.41, 5.74) is 0. The summed E-state index contributed by atoms with van der Waals surface area (Å²) in [6.07, 6.45) is 1.21. The molecule has 0 saturated carbocycles. The predicted molar refractivity (Wildman–Crippen MR) is 46.5 cm³/mol. The van der Waals surface area contributed by atoms with E-state index in [0.717, 1.165) is 5.75 Å². The van der Waals surface area contributed by atoms with Gasteiger partial charge in [0.1, 0.15) is 0 Å². The molecule has 0 aliphatic carbocycles. The molecular formula is C3H9BS3. The molecule has 0 saturated heterocycles. The Morgan fingerprint density at radius 2 is 2.14 bits per heavy atom. The quantitative estimate of drug-likeness (QED) is 0.460. The van der Waals surface area contributed by atoms with Crippen LogP contribution in [0.1, 0.15) is 13.3 Å². The Labute approximate surface area is 60.4 Å². The summed E-state index contributed by atoms with van der Waals surface area (Å²) in [4.78, 5) is 0. The van der Waals surface area contributed by atoms with Gasteiger partial charge in [-0.05, 0) is 12.2 Å². The Balaban J connectivity index is 2.68. The molecule has 0 nitrogen and oxygen atoms in total. The van der Waals surface area contributed by atoms with E-state index < -0.39 is 0 Å². The molecule has 0 aromatic carbocycles. The molecule has 0 spiro atoms. The lowest BCUT2D eigenvalue weighted by Gasteiger charge is -1.93. The summed E-state index contributed by atoms with van der Waals surface area (Å²) in [5, 5.41) is 0. The molecule has 0 aliphatic heterocycles. The highest BCUT2D eigenvalue weighted by molar-refractivity contribution is 8.68. The molecule has 42 valence electrons. The van der Waals surface area contributed by atoms with Crippen LogP contribution >= 0.6 is 36.6 Å². The normalized spacial score (nSPS) is 9.00. The topological polar surface area (TPSA) is 0 Å². The van der Waals surface area contributed by atoms with Gasteiger partial charge >= 0.3 is 4.55 Å². The van der Waals surface area contributed by atoms with E-state index in [1.165, 1.54) is 6.42 Å². The first-order valence-electron chi connectivity index (χ1n) is 2.25. The van der Waals surface area contributed by atoms with E-state index >= 15 is 0 Å². The van der Waals surface area contributed by atoms with E-state index in [4.69, 9.17) is 0 Å². The SMILES string of the molecule is CCCSB(S)S. The molecule has 0 aromatic heterocycles. The van der Waals surface area contributed by atoms with Crippen LogP contribution < -0.4 is 0 Å². The first-order valence-corrected chi connectivity index (χ1v) is 4.33. The number of thiol groups is 2. The molecule has 0 radical (unpaired) electrons.